The molecular weight excluding hydrogens is 464 g/mol. The third-order valence-corrected chi connectivity index (χ3v) is 5.72. The second kappa shape index (κ2) is 8.80. The fraction of sp³-hybridized carbons (Fsp3) is 0. The molecule has 0 atom stereocenters. The van der Waals surface area contributed by atoms with Crippen LogP contribution >= 0.6 is 0 Å². The van der Waals surface area contributed by atoms with E-state index in [0.717, 1.165) is 30.3 Å². The number of nitrogens with zero attached hydrogens (tertiary/aromatic N) is 2. The van der Waals surface area contributed by atoms with Gasteiger partial charge in [-0.3, -0.25) is 29.5 Å². The van der Waals surface area contributed by atoms with Gasteiger partial charge in [-0.15, -0.1) is 0 Å². The molecule has 14 heteroatoms. The molecule has 0 fully saturated rings. The molecule has 0 aliphatic heterocycles. The SMILES string of the molecule is O=c1ccc(=NNc2ccc(S(=O)(=O)O)cc2)c(=O)c1=NNc1ccc(S(=O)(=O)O)cc1. The Morgan fingerprint density at radius 1 is 0.625 bits per heavy atom. The lowest BCUT2D eigenvalue weighted by Gasteiger charge is -2.01. The summed E-state index contributed by atoms with van der Waals surface area (Å²) in [4.78, 5) is 23.9. The largest absolute Gasteiger partial charge is 0.294 e. The summed E-state index contributed by atoms with van der Waals surface area (Å²) >= 11 is 0. The minimum absolute atomic E-state index is 0.161. The highest BCUT2D eigenvalue weighted by molar-refractivity contribution is 7.86. The molecule has 12 nitrogen and oxygen atoms in total. The monoisotopic (exact) mass is 478 g/mol. The van der Waals surface area contributed by atoms with Crippen LogP contribution in [0.25, 0.3) is 0 Å². The Kier molecular flexibility index (Phi) is 6.31. The standard InChI is InChI=1S/C18H14N4O8S2/c23-16-10-9-15(21-19-11-1-5-13(6-2-11)31(25,26)27)18(24)17(16)22-20-12-3-7-14(8-4-12)32(28,29)30/h1-10,19-20H,(H,25,26,27)(H,28,29,30). The van der Waals surface area contributed by atoms with Crippen LogP contribution in [0.2, 0.25) is 0 Å². The average Bonchev–Trinajstić information content (AvgIpc) is 2.72. The Morgan fingerprint density at radius 3 is 1.50 bits per heavy atom. The topological polar surface area (TPSA) is 192 Å². The minimum Gasteiger partial charge on any atom is -0.287 e. The number of benzene rings is 3. The van der Waals surface area contributed by atoms with Crippen molar-refractivity contribution in [3.63, 3.8) is 0 Å². The molecule has 3 aromatic rings. The van der Waals surface area contributed by atoms with Crippen molar-refractivity contribution in [2.24, 2.45) is 10.2 Å². The van der Waals surface area contributed by atoms with Crippen molar-refractivity contribution in [3.05, 3.63) is 91.8 Å². The van der Waals surface area contributed by atoms with Gasteiger partial charge < -0.3 is 0 Å². The molecule has 0 aliphatic rings. The number of rotatable bonds is 6. The van der Waals surface area contributed by atoms with Crippen LogP contribution in [0.5, 0.6) is 0 Å². The zero-order valence-electron chi connectivity index (χ0n) is 15.8. The van der Waals surface area contributed by atoms with Gasteiger partial charge in [0.2, 0.25) is 10.9 Å². The van der Waals surface area contributed by atoms with Gasteiger partial charge in [0.25, 0.3) is 20.2 Å². The molecule has 0 spiro atoms. The molecule has 0 amide bonds. The molecule has 3 rings (SSSR count). The molecular formula is C18H14N4O8S2. The lowest BCUT2D eigenvalue weighted by molar-refractivity contribution is 0.481. The molecule has 0 radical (unpaired) electrons. The summed E-state index contributed by atoms with van der Waals surface area (Å²) in [5.74, 6) is 0. The highest BCUT2D eigenvalue weighted by Crippen LogP contribution is 2.14. The van der Waals surface area contributed by atoms with Crippen LogP contribution in [0, 0.1) is 0 Å². The van der Waals surface area contributed by atoms with Crippen molar-refractivity contribution in [2.45, 2.75) is 9.79 Å². The quantitative estimate of drug-likeness (QED) is 0.268. The van der Waals surface area contributed by atoms with Gasteiger partial charge in [-0.25, -0.2) is 0 Å². The molecule has 3 aromatic carbocycles. The summed E-state index contributed by atoms with van der Waals surface area (Å²) in [6.07, 6.45) is 0. The van der Waals surface area contributed by atoms with E-state index >= 15 is 0 Å². The van der Waals surface area contributed by atoms with Crippen molar-refractivity contribution in [3.8, 4) is 0 Å². The highest BCUT2D eigenvalue weighted by Gasteiger charge is 2.09. The molecule has 32 heavy (non-hydrogen) atoms. The van der Waals surface area contributed by atoms with Crippen LogP contribution in [0.1, 0.15) is 0 Å². The first-order chi connectivity index (χ1) is 14.9. The predicted octanol–water partition coefficient (Wildman–Crippen LogP) is -0.368. The molecule has 0 heterocycles. The van der Waals surface area contributed by atoms with Crippen LogP contribution in [-0.4, -0.2) is 25.9 Å². The number of anilines is 2. The van der Waals surface area contributed by atoms with E-state index in [1.165, 1.54) is 30.3 Å². The Morgan fingerprint density at radius 2 is 1.06 bits per heavy atom. The van der Waals surface area contributed by atoms with E-state index in [-0.39, 0.29) is 20.8 Å². The average molecular weight is 478 g/mol. The lowest BCUT2D eigenvalue weighted by atomic mass is 10.3. The summed E-state index contributed by atoms with van der Waals surface area (Å²) in [6, 6.07) is 11.9. The second-order valence-electron chi connectivity index (χ2n) is 6.21. The van der Waals surface area contributed by atoms with Crippen molar-refractivity contribution >= 4 is 31.6 Å². The van der Waals surface area contributed by atoms with Gasteiger partial charge in [0, 0.05) is 0 Å². The van der Waals surface area contributed by atoms with Gasteiger partial charge in [-0.1, -0.05) is 0 Å². The molecule has 4 N–H and O–H groups in total. The first kappa shape index (κ1) is 23.0. The molecule has 0 aliphatic carbocycles. The van der Waals surface area contributed by atoms with E-state index in [2.05, 4.69) is 21.1 Å². The highest BCUT2D eigenvalue weighted by atomic mass is 32.2. The van der Waals surface area contributed by atoms with Crippen molar-refractivity contribution < 1.29 is 25.9 Å². The van der Waals surface area contributed by atoms with E-state index in [0.29, 0.717) is 5.69 Å². The van der Waals surface area contributed by atoms with Gasteiger partial charge in [0.1, 0.15) is 5.36 Å². The van der Waals surface area contributed by atoms with Gasteiger partial charge in [0.05, 0.1) is 21.2 Å². The molecule has 0 unspecified atom stereocenters. The maximum atomic E-state index is 12.5. The van der Waals surface area contributed by atoms with Crippen LogP contribution < -0.4 is 32.4 Å². The van der Waals surface area contributed by atoms with Crippen molar-refractivity contribution in [2.75, 3.05) is 10.9 Å². The fourth-order valence-corrected chi connectivity index (χ4v) is 3.34. The van der Waals surface area contributed by atoms with Gasteiger partial charge in [-0.05, 0) is 60.7 Å². The first-order valence-corrected chi connectivity index (χ1v) is 11.4. The Hall–Kier alpha value is -3.72. The zero-order valence-corrected chi connectivity index (χ0v) is 17.5. The van der Waals surface area contributed by atoms with E-state index in [4.69, 9.17) is 9.11 Å². The molecule has 166 valence electrons. The Balaban J connectivity index is 1.88. The van der Waals surface area contributed by atoms with E-state index in [9.17, 15) is 26.4 Å². The Labute approximate surface area is 180 Å². The van der Waals surface area contributed by atoms with Crippen LogP contribution in [0.15, 0.2) is 90.2 Å². The number of hydrogen-bond acceptors (Lipinski definition) is 10. The van der Waals surface area contributed by atoms with Crippen molar-refractivity contribution in [1.29, 1.82) is 0 Å². The summed E-state index contributed by atoms with van der Waals surface area (Å²) in [7, 11) is -8.71. The fourth-order valence-electron chi connectivity index (χ4n) is 2.38. The number of hydrogen-bond donors (Lipinski definition) is 4. The second-order valence-corrected chi connectivity index (χ2v) is 9.05. The lowest BCUT2D eigenvalue weighted by Crippen LogP contribution is -2.47. The zero-order chi connectivity index (χ0) is 23.5. The van der Waals surface area contributed by atoms with Gasteiger partial charge in [0.15, 0.2) is 5.36 Å². The summed E-state index contributed by atoms with van der Waals surface area (Å²) in [6.45, 7) is 0. The van der Waals surface area contributed by atoms with E-state index < -0.39 is 36.5 Å². The maximum absolute atomic E-state index is 12.5. The summed E-state index contributed by atoms with van der Waals surface area (Å²) < 4.78 is 62.1. The van der Waals surface area contributed by atoms with Gasteiger partial charge >= 0.3 is 0 Å². The third kappa shape index (κ3) is 5.50. The van der Waals surface area contributed by atoms with Crippen LogP contribution in [-0.2, 0) is 20.2 Å². The third-order valence-electron chi connectivity index (χ3n) is 3.98. The van der Waals surface area contributed by atoms with E-state index in [1.807, 2.05) is 0 Å². The van der Waals surface area contributed by atoms with E-state index in [1.54, 1.807) is 0 Å². The van der Waals surface area contributed by atoms with Crippen LogP contribution in [0.3, 0.4) is 0 Å². The molecule has 0 aromatic heterocycles. The molecule has 0 bridgehead atoms. The Bertz CT molecular complexity index is 1590. The summed E-state index contributed by atoms with van der Waals surface area (Å²) in [5, 5.41) is 6.98. The minimum atomic E-state index is -4.36. The van der Waals surface area contributed by atoms with Crippen molar-refractivity contribution in [1.82, 2.24) is 0 Å². The first-order valence-electron chi connectivity index (χ1n) is 8.55. The molecule has 0 saturated heterocycles. The smallest absolute Gasteiger partial charge is 0.287 e. The predicted molar refractivity (Wildman–Crippen MR) is 112 cm³/mol. The maximum Gasteiger partial charge on any atom is 0.294 e. The summed E-state index contributed by atoms with van der Waals surface area (Å²) in [5.41, 5.74) is 4.03. The normalized spacial score (nSPS) is 13.2. The van der Waals surface area contributed by atoms with Gasteiger partial charge in [-0.2, -0.15) is 27.0 Å². The number of nitrogens with one attached hydrogen (secondary N) is 2. The molecule has 0 saturated carbocycles. The van der Waals surface area contributed by atoms with Crippen LogP contribution in [0.4, 0.5) is 11.4 Å².